The van der Waals surface area contributed by atoms with Gasteiger partial charge in [0.15, 0.2) is 0 Å². The average Bonchev–Trinajstić information content (AvgIpc) is 2.64. The van der Waals surface area contributed by atoms with Gasteiger partial charge < -0.3 is 15.7 Å². The van der Waals surface area contributed by atoms with E-state index in [1.807, 2.05) is 0 Å². The van der Waals surface area contributed by atoms with Crippen molar-refractivity contribution >= 4 is 11.8 Å². The Kier molecular flexibility index (Phi) is 6.17. The molecule has 0 aliphatic heterocycles. The van der Waals surface area contributed by atoms with Gasteiger partial charge in [-0.15, -0.1) is 0 Å². The minimum Gasteiger partial charge on any atom is -0.386 e. The van der Waals surface area contributed by atoms with Gasteiger partial charge in [-0.25, -0.2) is 4.39 Å². The Labute approximate surface area is 152 Å². The number of nitrogens with one attached hydrogen (secondary N) is 2. The highest BCUT2D eigenvalue weighted by atomic mass is 19.4. The molecule has 0 aliphatic rings. The molecule has 3 N–H and O–H groups in total. The fourth-order valence-corrected chi connectivity index (χ4v) is 2.51. The number of benzene rings is 2. The number of aliphatic hydroxyl groups is 1. The van der Waals surface area contributed by atoms with Crippen molar-refractivity contribution in [1.29, 1.82) is 0 Å². The quantitative estimate of drug-likeness (QED) is 0.693. The molecule has 0 heterocycles. The number of hydrogen-bond donors (Lipinski definition) is 3. The van der Waals surface area contributed by atoms with Crippen LogP contribution in [0.15, 0.2) is 48.5 Å². The molecule has 0 saturated carbocycles. The number of likely N-dealkylation sites (N-methyl/N-ethyl adjacent to an activating group) is 1. The van der Waals surface area contributed by atoms with Crippen molar-refractivity contribution in [2.75, 3.05) is 7.05 Å². The van der Waals surface area contributed by atoms with E-state index in [1.165, 1.54) is 19.2 Å². The summed E-state index contributed by atoms with van der Waals surface area (Å²) < 4.78 is 53.0. The third-order valence-electron chi connectivity index (χ3n) is 3.81. The number of carbonyl (C=O) groups excluding carboxylic acids is 2. The third kappa shape index (κ3) is 4.62. The lowest BCUT2D eigenvalue weighted by molar-refractivity contribution is -0.140. The molecule has 9 heteroatoms. The van der Waals surface area contributed by atoms with E-state index >= 15 is 0 Å². The van der Waals surface area contributed by atoms with E-state index in [0.29, 0.717) is 6.07 Å². The summed E-state index contributed by atoms with van der Waals surface area (Å²) in [5.41, 5.74) is -2.47. The number of alkyl halides is 3. The van der Waals surface area contributed by atoms with Gasteiger partial charge in [-0.2, -0.15) is 13.2 Å². The molecule has 2 aromatic rings. The first-order valence-corrected chi connectivity index (χ1v) is 7.78. The molecule has 0 aliphatic carbocycles. The monoisotopic (exact) mass is 384 g/mol. The van der Waals surface area contributed by atoms with Gasteiger partial charge in [0.05, 0.1) is 5.56 Å². The summed E-state index contributed by atoms with van der Waals surface area (Å²) in [4.78, 5) is 24.4. The summed E-state index contributed by atoms with van der Waals surface area (Å²) in [6.07, 6.45) is -6.64. The van der Waals surface area contributed by atoms with Gasteiger partial charge in [0.25, 0.3) is 5.91 Å². The van der Waals surface area contributed by atoms with Crippen LogP contribution in [-0.4, -0.2) is 30.0 Å². The van der Waals surface area contributed by atoms with E-state index in [9.17, 15) is 32.3 Å². The summed E-state index contributed by atoms with van der Waals surface area (Å²) in [5, 5.41) is 14.7. The topological polar surface area (TPSA) is 78.4 Å². The molecule has 0 aromatic heterocycles. The number of carbonyl (C=O) groups is 2. The zero-order chi connectivity index (χ0) is 20.2. The summed E-state index contributed by atoms with van der Waals surface area (Å²) >= 11 is 0. The van der Waals surface area contributed by atoms with Crippen molar-refractivity contribution in [2.24, 2.45) is 0 Å². The molecule has 0 bridgehead atoms. The Bertz CT molecular complexity index is 825. The number of rotatable bonds is 5. The van der Waals surface area contributed by atoms with Gasteiger partial charge in [0.2, 0.25) is 5.91 Å². The lowest BCUT2D eigenvalue weighted by Gasteiger charge is -2.24. The lowest BCUT2D eigenvalue weighted by atomic mass is 10.00. The van der Waals surface area contributed by atoms with Gasteiger partial charge in [-0.05, 0) is 17.7 Å². The number of halogens is 4. The number of hydrogen-bond acceptors (Lipinski definition) is 3. The second-order valence-electron chi connectivity index (χ2n) is 5.58. The molecule has 0 spiro atoms. The van der Waals surface area contributed by atoms with Gasteiger partial charge in [-0.1, -0.05) is 36.4 Å². The SMILES string of the molecule is CNC(=O)C(NC(=O)c1cccc(F)c1C(F)(F)F)C(O)c1ccccc1. The Morgan fingerprint density at radius 2 is 1.67 bits per heavy atom. The van der Waals surface area contributed by atoms with E-state index in [0.717, 1.165) is 12.1 Å². The van der Waals surface area contributed by atoms with Crippen molar-refractivity contribution < 1.29 is 32.3 Å². The van der Waals surface area contributed by atoms with Crippen LogP contribution in [0.25, 0.3) is 0 Å². The standard InChI is InChI=1S/C18H16F4N2O3/c1-23-17(27)14(15(25)10-6-3-2-4-7-10)24-16(26)11-8-5-9-12(19)13(11)18(20,21)22/h2-9,14-15,25H,1H3,(H,23,27)(H,24,26). The van der Waals surface area contributed by atoms with Gasteiger partial charge in [0.1, 0.15) is 23.5 Å². The summed E-state index contributed by atoms with van der Waals surface area (Å²) in [6.45, 7) is 0. The van der Waals surface area contributed by atoms with Crippen molar-refractivity contribution in [3.63, 3.8) is 0 Å². The molecule has 0 fully saturated rings. The van der Waals surface area contributed by atoms with E-state index < -0.39 is 47.1 Å². The molecular weight excluding hydrogens is 368 g/mol. The molecule has 2 aromatic carbocycles. The molecule has 2 rings (SSSR count). The first-order chi connectivity index (χ1) is 12.7. The largest absolute Gasteiger partial charge is 0.420 e. The highest BCUT2D eigenvalue weighted by Gasteiger charge is 2.39. The van der Waals surface area contributed by atoms with Crippen LogP contribution in [0, 0.1) is 5.82 Å². The fraction of sp³-hybridized carbons (Fsp3) is 0.222. The molecule has 27 heavy (non-hydrogen) atoms. The summed E-state index contributed by atoms with van der Waals surface area (Å²) in [5.74, 6) is -3.79. The molecule has 0 radical (unpaired) electrons. The summed E-state index contributed by atoms with van der Waals surface area (Å²) in [6, 6.07) is 8.51. The maximum Gasteiger partial charge on any atom is 0.420 e. The minimum atomic E-state index is -5.11. The minimum absolute atomic E-state index is 0.265. The van der Waals surface area contributed by atoms with Crippen molar-refractivity contribution in [3.8, 4) is 0 Å². The molecule has 2 unspecified atom stereocenters. The van der Waals surface area contributed by atoms with Gasteiger partial charge >= 0.3 is 6.18 Å². The van der Waals surface area contributed by atoms with Crippen LogP contribution >= 0.6 is 0 Å². The predicted molar refractivity (Wildman–Crippen MR) is 88.1 cm³/mol. The van der Waals surface area contributed by atoms with Crippen LogP contribution in [0.1, 0.15) is 27.6 Å². The lowest BCUT2D eigenvalue weighted by Crippen LogP contribution is -2.49. The Balaban J connectivity index is 2.38. The molecule has 5 nitrogen and oxygen atoms in total. The second kappa shape index (κ2) is 8.17. The number of amides is 2. The summed E-state index contributed by atoms with van der Waals surface area (Å²) in [7, 11) is 1.24. The van der Waals surface area contributed by atoms with E-state index in [4.69, 9.17) is 0 Å². The van der Waals surface area contributed by atoms with Crippen LogP contribution in [-0.2, 0) is 11.0 Å². The van der Waals surface area contributed by atoms with Crippen LogP contribution in [0.5, 0.6) is 0 Å². The maximum atomic E-state index is 13.7. The second-order valence-corrected chi connectivity index (χ2v) is 5.58. The van der Waals surface area contributed by atoms with Crippen LogP contribution in [0.2, 0.25) is 0 Å². The zero-order valence-electron chi connectivity index (χ0n) is 14.0. The highest BCUT2D eigenvalue weighted by Crippen LogP contribution is 2.34. The first-order valence-electron chi connectivity index (χ1n) is 7.78. The van der Waals surface area contributed by atoms with Crippen molar-refractivity contribution in [2.45, 2.75) is 18.3 Å². The highest BCUT2D eigenvalue weighted by molar-refractivity contribution is 5.99. The van der Waals surface area contributed by atoms with Crippen LogP contribution in [0.4, 0.5) is 17.6 Å². The van der Waals surface area contributed by atoms with Gasteiger partial charge in [0, 0.05) is 7.05 Å². The maximum absolute atomic E-state index is 13.7. The third-order valence-corrected chi connectivity index (χ3v) is 3.81. The number of aliphatic hydroxyl groups excluding tert-OH is 1. The van der Waals surface area contributed by atoms with E-state index in [-0.39, 0.29) is 5.56 Å². The molecular formula is C18H16F4N2O3. The van der Waals surface area contributed by atoms with Gasteiger partial charge in [-0.3, -0.25) is 9.59 Å². The molecule has 2 amide bonds. The smallest absolute Gasteiger partial charge is 0.386 e. The Hall–Kier alpha value is -2.94. The van der Waals surface area contributed by atoms with Crippen molar-refractivity contribution in [1.82, 2.24) is 10.6 Å². The average molecular weight is 384 g/mol. The molecule has 0 saturated heterocycles. The first kappa shape index (κ1) is 20.4. The molecule has 2 atom stereocenters. The normalized spacial score (nSPS) is 13.6. The Morgan fingerprint density at radius 1 is 1.04 bits per heavy atom. The van der Waals surface area contributed by atoms with Crippen LogP contribution < -0.4 is 10.6 Å². The van der Waals surface area contributed by atoms with Crippen molar-refractivity contribution in [3.05, 3.63) is 71.0 Å². The van der Waals surface area contributed by atoms with Crippen LogP contribution in [0.3, 0.4) is 0 Å². The Morgan fingerprint density at radius 3 is 2.22 bits per heavy atom. The van der Waals surface area contributed by atoms with E-state index in [1.54, 1.807) is 18.2 Å². The zero-order valence-corrected chi connectivity index (χ0v) is 14.0. The fourth-order valence-electron chi connectivity index (χ4n) is 2.51. The molecule has 144 valence electrons. The predicted octanol–water partition coefficient (Wildman–Crippen LogP) is 2.42. The van der Waals surface area contributed by atoms with E-state index in [2.05, 4.69) is 10.6 Å².